The largest absolute Gasteiger partial charge is 0.480 e. The van der Waals surface area contributed by atoms with Gasteiger partial charge in [-0.15, -0.1) is 0 Å². The zero-order valence-electron chi connectivity index (χ0n) is 9.67. The maximum atomic E-state index is 11.5. The number of carboxylic acid groups (broad SMARTS) is 1. The molecule has 0 heterocycles. The van der Waals surface area contributed by atoms with Gasteiger partial charge in [0.05, 0.1) is 10.6 Å². The van der Waals surface area contributed by atoms with E-state index in [4.69, 9.17) is 5.11 Å². The van der Waals surface area contributed by atoms with Crippen LogP contribution in [0.3, 0.4) is 0 Å². The third-order valence-electron chi connectivity index (χ3n) is 2.35. The zero-order valence-corrected chi connectivity index (χ0v) is 10.5. The van der Waals surface area contributed by atoms with Crippen LogP contribution in [0.2, 0.25) is 0 Å². The van der Waals surface area contributed by atoms with Crippen LogP contribution in [-0.2, 0) is 14.6 Å². The van der Waals surface area contributed by atoms with Crippen molar-refractivity contribution in [1.29, 1.82) is 0 Å². The minimum absolute atomic E-state index is 0.0469. The fraction of sp³-hybridized carbons (Fsp3) is 0.364. The lowest BCUT2D eigenvalue weighted by atomic mass is 10.2. The van der Waals surface area contributed by atoms with Gasteiger partial charge in [0.2, 0.25) is 0 Å². The molecule has 0 aliphatic rings. The summed E-state index contributed by atoms with van der Waals surface area (Å²) in [6.07, 6.45) is 0. The van der Waals surface area contributed by atoms with E-state index in [0.717, 1.165) is 0 Å². The van der Waals surface area contributed by atoms with Crippen LogP contribution in [0.15, 0.2) is 29.2 Å². The molecule has 1 aromatic carbocycles. The smallest absolute Gasteiger partial charge is 0.325 e. The molecule has 0 bridgehead atoms. The predicted octanol–water partition coefficient (Wildman–Crippen LogP) is 1.37. The van der Waals surface area contributed by atoms with Gasteiger partial charge in [-0.05, 0) is 31.2 Å². The van der Waals surface area contributed by atoms with E-state index in [1.54, 1.807) is 19.1 Å². The second-order valence-electron chi connectivity index (χ2n) is 3.63. The molecule has 5 nitrogen and oxygen atoms in total. The average molecular weight is 257 g/mol. The van der Waals surface area contributed by atoms with E-state index in [-0.39, 0.29) is 10.6 Å². The van der Waals surface area contributed by atoms with Crippen molar-refractivity contribution in [2.24, 2.45) is 0 Å². The van der Waals surface area contributed by atoms with E-state index in [9.17, 15) is 13.2 Å². The van der Waals surface area contributed by atoms with Crippen LogP contribution in [0.4, 0.5) is 5.69 Å². The Morgan fingerprint density at radius 2 is 1.88 bits per heavy atom. The molecule has 0 radical (unpaired) electrons. The van der Waals surface area contributed by atoms with Gasteiger partial charge in [-0.25, -0.2) is 8.42 Å². The van der Waals surface area contributed by atoms with Crippen molar-refractivity contribution in [3.63, 3.8) is 0 Å². The molecular formula is C11H15NO4S. The SMILES string of the molecule is CCS(=O)(=O)c1ccc(N[C@@H](C)C(=O)O)cc1. The molecule has 0 unspecified atom stereocenters. The Bertz CT molecular complexity index is 493. The molecule has 0 fully saturated rings. The van der Waals surface area contributed by atoms with Gasteiger partial charge in [0, 0.05) is 5.69 Å². The average Bonchev–Trinajstić information content (AvgIpc) is 2.29. The first kappa shape index (κ1) is 13.5. The summed E-state index contributed by atoms with van der Waals surface area (Å²) < 4.78 is 23.1. The molecule has 0 amide bonds. The number of rotatable bonds is 5. The second-order valence-corrected chi connectivity index (χ2v) is 5.91. The van der Waals surface area contributed by atoms with Gasteiger partial charge in [0.1, 0.15) is 6.04 Å². The van der Waals surface area contributed by atoms with Crippen LogP contribution in [0.25, 0.3) is 0 Å². The number of benzene rings is 1. The molecular weight excluding hydrogens is 242 g/mol. The highest BCUT2D eigenvalue weighted by atomic mass is 32.2. The molecule has 94 valence electrons. The Hall–Kier alpha value is -1.56. The van der Waals surface area contributed by atoms with Gasteiger partial charge in [0.25, 0.3) is 0 Å². The molecule has 0 aliphatic carbocycles. The number of aliphatic carboxylic acids is 1. The lowest BCUT2D eigenvalue weighted by Gasteiger charge is -2.11. The summed E-state index contributed by atoms with van der Waals surface area (Å²) >= 11 is 0. The number of sulfone groups is 1. The highest BCUT2D eigenvalue weighted by Crippen LogP contribution is 2.15. The first-order valence-electron chi connectivity index (χ1n) is 5.19. The first-order valence-corrected chi connectivity index (χ1v) is 6.84. The van der Waals surface area contributed by atoms with Crippen molar-refractivity contribution in [2.75, 3.05) is 11.1 Å². The Labute approximate surface area is 100 Å². The van der Waals surface area contributed by atoms with Crippen molar-refractivity contribution in [2.45, 2.75) is 24.8 Å². The normalized spacial score (nSPS) is 13.1. The molecule has 0 saturated carbocycles. The molecule has 1 atom stereocenters. The summed E-state index contributed by atoms with van der Waals surface area (Å²) in [4.78, 5) is 10.9. The number of anilines is 1. The van der Waals surface area contributed by atoms with Gasteiger partial charge in [-0.2, -0.15) is 0 Å². The van der Waals surface area contributed by atoms with E-state index in [1.807, 2.05) is 0 Å². The van der Waals surface area contributed by atoms with Crippen molar-refractivity contribution in [3.8, 4) is 0 Å². The summed E-state index contributed by atoms with van der Waals surface area (Å²) in [6.45, 7) is 3.09. The Morgan fingerprint density at radius 3 is 2.29 bits per heavy atom. The lowest BCUT2D eigenvalue weighted by Crippen LogP contribution is -2.25. The summed E-state index contributed by atoms with van der Waals surface area (Å²) in [7, 11) is -3.20. The molecule has 0 aromatic heterocycles. The van der Waals surface area contributed by atoms with Gasteiger partial charge in [-0.3, -0.25) is 4.79 Å². The number of nitrogens with one attached hydrogen (secondary N) is 1. The van der Waals surface area contributed by atoms with E-state index in [1.165, 1.54) is 19.1 Å². The highest BCUT2D eigenvalue weighted by Gasteiger charge is 2.13. The third kappa shape index (κ3) is 3.45. The van der Waals surface area contributed by atoms with Gasteiger partial charge >= 0.3 is 5.97 Å². The zero-order chi connectivity index (χ0) is 13.1. The number of carbonyl (C=O) groups is 1. The standard InChI is InChI=1S/C11H15NO4S/c1-3-17(15,16)10-6-4-9(5-7-10)12-8(2)11(13)14/h4-8,12H,3H2,1-2H3,(H,13,14)/t8-/m0/s1. The minimum atomic E-state index is -3.20. The molecule has 0 aliphatic heterocycles. The molecule has 1 rings (SSSR count). The minimum Gasteiger partial charge on any atom is -0.480 e. The van der Waals surface area contributed by atoms with E-state index in [2.05, 4.69) is 5.32 Å². The second kappa shape index (κ2) is 5.18. The van der Waals surface area contributed by atoms with E-state index in [0.29, 0.717) is 5.69 Å². The highest BCUT2D eigenvalue weighted by molar-refractivity contribution is 7.91. The van der Waals surface area contributed by atoms with Crippen molar-refractivity contribution >= 4 is 21.5 Å². The van der Waals surface area contributed by atoms with Gasteiger partial charge < -0.3 is 10.4 Å². The maximum absolute atomic E-state index is 11.5. The molecule has 0 saturated heterocycles. The molecule has 0 spiro atoms. The van der Waals surface area contributed by atoms with Crippen LogP contribution in [-0.4, -0.2) is 31.3 Å². The fourth-order valence-corrected chi connectivity index (χ4v) is 2.12. The van der Waals surface area contributed by atoms with Crippen LogP contribution in [0.5, 0.6) is 0 Å². The van der Waals surface area contributed by atoms with Crippen molar-refractivity contribution in [3.05, 3.63) is 24.3 Å². The summed E-state index contributed by atoms with van der Waals surface area (Å²) in [6, 6.07) is 5.33. The Morgan fingerprint density at radius 1 is 1.35 bits per heavy atom. The van der Waals surface area contributed by atoms with Crippen LogP contribution < -0.4 is 5.32 Å². The van der Waals surface area contributed by atoms with E-state index < -0.39 is 21.8 Å². The lowest BCUT2D eigenvalue weighted by molar-refractivity contribution is -0.137. The quantitative estimate of drug-likeness (QED) is 0.832. The maximum Gasteiger partial charge on any atom is 0.325 e. The van der Waals surface area contributed by atoms with E-state index >= 15 is 0 Å². The predicted molar refractivity (Wildman–Crippen MR) is 64.9 cm³/mol. The molecule has 1 aromatic rings. The number of hydrogen-bond donors (Lipinski definition) is 2. The van der Waals surface area contributed by atoms with Crippen molar-refractivity contribution < 1.29 is 18.3 Å². The van der Waals surface area contributed by atoms with Crippen LogP contribution in [0, 0.1) is 0 Å². The number of hydrogen-bond acceptors (Lipinski definition) is 4. The molecule has 6 heteroatoms. The first-order chi connectivity index (χ1) is 7.86. The topological polar surface area (TPSA) is 83.5 Å². The summed E-state index contributed by atoms with van der Waals surface area (Å²) in [5.41, 5.74) is 0.579. The van der Waals surface area contributed by atoms with Crippen LogP contribution >= 0.6 is 0 Å². The van der Waals surface area contributed by atoms with Gasteiger partial charge in [-0.1, -0.05) is 6.92 Å². The fourth-order valence-electron chi connectivity index (χ4n) is 1.24. The molecule has 17 heavy (non-hydrogen) atoms. The third-order valence-corrected chi connectivity index (χ3v) is 4.10. The van der Waals surface area contributed by atoms with Crippen LogP contribution in [0.1, 0.15) is 13.8 Å². The summed E-state index contributed by atoms with van der Waals surface area (Å²) in [5.74, 6) is -0.916. The number of carboxylic acids is 1. The summed E-state index contributed by atoms with van der Waals surface area (Å²) in [5, 5.41) is 11.5. The Kier molecular flexibility index (Phi) is 4.11. The monoisotopic (exact) mass is 257 g/mol. The Balaban J connectivity index is 2.86. The van der Waals surface area contributed by atoms with Crippen molar-refractivity contribution in [1.82, 2.24) is 0 Å². The van der Waals surface area contributed by atoms with Gasteiger partial charge in [0.15, 0.2) is 9.84 Å². The molecule has 2 N–H and O–H groups in total.